The second-order valence-corrected chi connectivity index (χ2v) is 7.09. The number of thioether (sulfide) groups is 1. The molecule has 1 aromatic rings. The van der Waals surface area contributed by atoms with Crippen LogP contribution in [0.1, 0.15) is 36.7 Å². The van der Waals surface area contributed by atoms with Crippen LogP contribution in [0.3, 0.4) is 0 Å². The maximum atomic E-state index is 11.0. The van der Waals surface area contributed by atoms with Crippen LogP contribution in [0.2, 0.25) is 0 Å². The summed E-state index contributed by atoms with van der Waals surface area (Å²) in [5, 5.41) is 6.59. The number of rotatable bonds is 7. The zero-order valence-corrected chi connectivity index (χ0v) is 17.3. The zero-order chi connectivity index (χ0) is 16.6. The lowest BCUT2D eigenvalue weighted by Crippen LogP contribution is -2.43. The SMILES string of the molecule is CCNC(=NCc1ccc(C(N)=O)cc1)NCC(C)(C)SC.I. The number of guanidine groups is 1. The normalized spacial score (nSPS) is 11.6. The summed E-state index contributed by atoms with van der Waals surface area (Å²) in [5.74, 6) is 0.382. The number of nitrogens with zero attached hydrogens (tertiary/aromatic N) is 1. The highest BCUT2D eigenvalue weighted by Gasteiger charge is 2.15. The van der Waals surface area contributed by atoms with Gasteiger partial charge in [-0.3, -0.25) is 4.79 Å². The van der Waals surface area contributed by atoms with Crippen molar-refractivity contribution >= 4 is 47.6 Å². The second kappa shape index (κ2) is 10.7. The van der Waals surface area contributed by atoms with E-state index in [1.807, 2.05) is 30.8 Å². The fourth-order valence-corrected chi connectivity index (χ4v) is 1.87. The third-order valence-corrected chi connectivity index (χ3v) is 4.49. The van der Waals surface area contributed by atoms with Crippen molar-refractivity contribution in [3.8, 4) is 0 Å². The number of nitrogens with one attached hydrogen (secondary N) is 2. The molecule has 0 fully saturated rings. The van der Waals surface area contributed by atoms with Gasteiger partial charge in [0.2, 0.25) is 5.91 Å². The van der Waals surface area contributed by atoms with Crippen molar-refractivity contribution in [3.63, 3.8) is 0 Å². The lowest BCUT2D eigenvalue weighted by Gasteiger charge is -2.23. The minimum Gasteiger partial charge on any atom is -0.366 e. The Morgan fingerprint density at radius 1 is 1.26 bits per heavy atom. The lowest BCUT2D eigenvalue weighted by atomic mass is 10.1. The number of amides is 1. The molecule has 0 aromatic heterocycles. The molecule has 23 heavy (non-hydrogen) atoms. The summed E-state index contributed by atoms with van der Waals surface area (Å²) in [5.41, 5.74) is 6.78. The van der Waals surface area contributed by atoms with Crippen LogP contribution in [-0.4, -0.2) is 36.0 Å². The van der Waals surface area contributed by atoms with Crippen molar-refractivity contribution < 1.29 is 4.79 Å². The first-order valence-electron chi connectivity index (χ1n) is 7.34. The molecule has 0 aliphatic heterocycles. The van der Waals surface area contributed by atoms with Crippen molar-refractivity contribution in [2.45, 2.75) is 32.1 Å². The molecule has 0 saturated carbocycles. The Bertz CT molecular complexity index is 517. The van der Waals surface area contributed by atoms with Gasteiger partial charge in [0, 0.05) is 23.4 Å². The van der Waals surface area contributed by atoms with Crippen LogP contribution in [0.4, 0.5) is 0 Å². The number of hydrogen-bond donors (Lipinski definition) is 3. The minimum absolute atomic E-state index is 0. The number of halogens is 1. The number of benzene rings is 1. The molecule has 0 aliphatic carbocycles. The van der Waals surface area contributed by atoms with Crippen LogP contribution in [0, 0.1) is 0 Å². The first-order chi connectivity index (χ1) is 10.4. The third kappa shape index (κ3) is 8.45. The van der Waals surface area contributed by atoms with Crippen LogP contribution >= 0.6 is 35.7 Å². The highest BCUT2D eigenvalue weighted by molar-refractivity contribution is 14.0. The Labute approximate surface area is 160 Å². The summed E-state index contributed by atoms with van der Waals surface area (Å²) >= 11 is 1.82. The van der Waals surface area contributed by atoms with Crippen molar-refractivity contribution in [3.05, 3.63) is 35.4 Å². The highest BCUT2D eigenvalue weighted by atomic mass is 127. The minimum atomic E-state index is -0.413. The van der Waals surface area contributed by atoms with E-state index in [1.54, 1.807) is 12.1 Å². The van der Waals surface area contributed by atoms with E-state index in [0.29, 0.717) is 12.1 Å². The van der Waals surface area contributed by atoms with Crippen LogP contribution in [0.15, 0.2) is 29.3 Å². The van der Waals surface area contributed by atoms with Crippen molar-refractivity contribution in [1.82, 2.24) is 10.6 Å². The Balaban J connectivity index is 0.00000484. The third-order valence-electron chi connectivity index (χ3n) is 3.24. The maximum absolute atomic E-state index is 11.0. The molecule has 1 rings (SSSR count). The predicted octanol–water partition coefficient (Wildman–Crippen LogP) is 2.60. The van der Waals surface area contributed by atoms with Gasteiger partial charge in [0.05, 0.1) is 6.54 Å². The average molecular weight is 450 g/mol. The van der Waals surface area contributed by atoms with Gasteiger partial charge in [-0.05, 0) is 44.7 Å². The molecule has 5 nitrogen and oxygen atoms in total. The van der Waals surface area contributed by atoms with E-state index in [-0.39, 0.29) is 28.7 Å². The molecular formula is C16H27IN4OS. The molecule has 0 heterocycles. The molecule has 0 atom stereocenters. The number of aliphatic imine (C=N–C) groups is 1. The molecule has 0 aliphatic rings. The Kier molecular flexibility index (Phi) is 10.3. The van der Waals surface area contributed by atoms with E-state index in [2.05, 4.69) is 35.7 Å². The van der Waals surface area contributed by atoms with Gasteiger partial charge in [-0.15, -0.1) is 24.0 Å². The first kappa shape index (κ1) is 22.0. The van der Waals surface area contributed by atoms with E-state index in [4.69, 9.17) is 5.73 Å². The van der Waals surface area contributed by atoms with Crippen molar-refractivity contribution in [2.24, 2.45) is 10.7 Å². The topological polar surface area (TPSA) is 79.5 Å². The summed E-state index contributed by atoms with van der Waals surface area (Å²) in [6.45, 7) is 8.62. The molecule has 1 aromatic carbocycles. The van der Waals surface area contributed by atoms with Gasteiger partial charge in [-0.1, -0.05) is 12.1 Å². The Hall–Kier alpha value is -0.960. The molecule has 130 valence electrons. The first-order valence-corrected chi connectivity index (χ1v) is 8.56. The van der Waals surface area contributed by atoms with Gasteiger partial charge < -0.3 is 16.4 Å². The average Bonchev–Trinajstić information content (AvgIpc) is 2.50. The number of hydrogen-bond acceptors (Lipinski definition) is 3. The van der Waals surface area contributed by atoms with E-state index < -0.39 is 5.91 Å². The van der Waals surface area contributed by atoms with Gasteiger partial charge in [0.1, 0.15) is 0 Å². The predicted molar refractivity (Wildman–Crippen MR) is 111 cm³/mol. The molecule has 0 radical (unpaired) electrons. The standard InChI is InChI=1S/C16H26N4OS.HI/c1-5-18-15(20-11-16(2,3)22-4)19-10-12-6-8-13(9-7-12)14(17)21;/h6-9H,5,10-11H2,1-4H3,(H2,17,21)(H2,18,19,20);1H. The summed E-state index contributed by atoms with van der Waals surface area (Å²) in [7, 11) is 0. The summed E-state index contributed by atoms with van der Waals surface area (Å²) in [4.78, 5) is 15.6. The van der Waals surface area contributed by atoms with E-state index in [1.165, 1.54) is 0 Å². The number of carbonyl (C=O) groups is 1. The van der Waals surface area contributed by atoms with Gasteiger partial charge in [-0.25, -0.2) is 4.99 Å². The monoisotopic (exact) mass is 450 g/mol. The van der Waals surface area contributed by atoms with E-state index in [9.17, 15) is 4.79 Å². The Morgan fingerprint density at radius 2 is 1.87 bits per heavy atom. The van der Waals surface area contributed by atoms with E-state index in [0.717, 1.165) is 24.6 Å². The molecule has 1 amide bonds. The fraction of sp³-hybridized carbons (Fsp3) is 0.500. The number of carbonyl (C=O) groups excluding carboxylic acids is 1. The van der Waals surface area contributed by atoms with Crippen LogP contribution in [0.25, 0.3) is 0 Å². The summed E-state index contributed by atoms with van der Waals surface area (Å²) in [6.07, 6.45) is 2.10. The molecule has 0 spiro atoms. The number of primary amides is 1. The molecule has 4 N–H and O–H groups in total. The molecule has 7 heteroatoms. The fourth-order valence-electron chi connectivity index (χ4n) is 1.66. The van der Waals surface area contributed by atoms with Crippen LogP contribution in [0.5, 0.6) is 0 Å². The van der Waals surface area contributed by atoms with Crippen LogP contribution < -0.4 is 16.4 Å². The molecule has 0 unspecified atom stereocenters. The van der Waals surface area contributed by atoms with Crippen molar-refractivity contribution in [1.29, 1.82) is 0 Å². The van der Waals surface area contributed by atoms with Gasteiger partial charge >= 0.3 is 0 Å². The second-order valence-electron chi connectivity index (χ2n) is 5.57. The Morgan fingerprint density at radius 3 is 2.35 bits per heavy atom. The number of nitrogens with two attached hydrogens (primary N) is 1. The zero-order valence-electron chi connectivity index (χ0n) is 14.2. The summed E-state index contributed by atoms with van der Waals surface area (Å²) in [6, 6.07) is 7.20. The quantitative estimate of drug-likeness (QED) is 0.339. The largest absolute Gasteiger partial charge is 0.366 e. The lowest BCUT2D eigenvalue weighted by molar-refractivity contribution is 0.100. The molecule has 0 saturated heterocycles. The van der Waals surface area contributed by atoms with Gasteiger partial charge in [0.25, 0.3) is 0 Å². The van der Waals surface area contributed by atoms with Gasteiger partial charge in [-0.2, -0.15) is 11.8 Å². The van der Waals surface area contributed by atoms with Gasteiger partial charge in [0.15, 0.2) is 5.96 Å². The maximum Gasteiger partial charge on any atom is 0.248 e. The van der Waals surface area contributed by atoms with Crippen LogP contribution in [-0.2, 0) is 6.54 Å². The summed E-state index contributed by atoms with van der Waals surface area (Å²) < 4.78 is 0.152. The molecular weight excluding hydrogens is 423 g/mol. The van der Waals surface area contributed by atoms with Crippen molar-refractivity contribution in [2.75, 3.05) is 19.3 Å². The van der Waals surface area contributed by atoms with E-state index >= 15 is 0 Å². The molecule has 0 bridgehead atoms. The smallest absolute Gasteiger partial charge is 0.248 e. The highest BCUT2D eigenvalue weighted by Crippen LogP contribution is 2.19.